The molecule has 8 nitrogen and oxygen atoms in total. The standard InChI is InChI=1S/C36H63O8P/c1-3-5-7-9-11-13-14-15-16-17-18-19-20-21-22-23-25-27-29-31-36(38)44-34(33-43-45(39,40)41)32-42-35(37)30-28-26-24-12-10-8-6-4-2/h11,13,15-16,18-19,21-22,34H,3-10,12,14,17,20,23-33H2,1-2H3,(H2,39,40,41)/b13-11+,16-15+,19-18+,22-21+/t34-/m1/s1. The van der Waals surface area contributed by atoms with E-state index in [0.29, 0.717) is 6.42 Å². The van der Waals surface area contributed by atoms with Crippen molar-refractivity contribution in [1.29, 1.82) is 0 Å². The second kappa shape index (κ2) is 32.0. The van der Waals surface area contributed by atoms with Gasteiger partial charge in [-0.1, -0.05) is 127 Å². The summed E-state index contributed by atoms with van der Waals surface area (Å²) in [6.45, 7) is 3.56. The molecule has 0 aromatic carbocycles. The summed E-state index contributed by atoms with van der Waals surface area (Å²) in [5.41, 5.74) is 0. The van der Waals surface area contributed by atoms with Crippen molar-refractivity contribution in [2.45, 2.75) is 155 Å². The summed E-state index contributed by atoms with van der Waals surface area (Å²) in [5.74, 6) is -0.929. The maximum absolute atomic E-state index is 12.3. The van der Waals surface area contributed by atoms with Crippen LogP contribution in [0.3, 0.4) is 0 Å². The molecule has 0 bridgehead atoms. The van der Waals surface area contributed by atoms with Crippen molar-refractivity contribution in [2.75, 3.05) is 13.2 Å². The van der Waals surface area contributed by atoms with Crippen LogP contribution >= 0.6 is 7.82 Å². The van der Waals surface area contributed by atoms with Gasteiger partial charge in [-0.3, -0.25) is 14.1 Å². The van der Waals surface area contributed by atoms with Crippen LogP contribution in [0.15, 0.2) is 48.6 Å². The fourth-order valence-electron chi connectivity index (χ4n) is 4.47. The van der Waals surface area contributed by atoms with Crippen molar-refractivity contribution in [3.63, 3.8) is 0 Å². The van der Waals surface area contributed by atoms with Crippen LogP contribution in [0.2, 0.25) is 0 Å². The summed E-state index contributed by atoms with van der Waals surface area (Å²) < 4.78 is 26.1. The Morgan fingerprint density at radius 3 is 1.53 bits per heavy atom. The van der Waals surface area contributed by atoms with Gasteiger partial charge in [-0.25, -0.2) is 4.57 Å². The zero-order chi connectivity index (χ0) is 33.3. The number of rotatable bonds is 31. The summed E-state index contributed by atoms with van der Waals surface area (Å²) in [6.07, 6.45) is 37.0. The molecule has 0 fully saturated rings. The predicted molar refractivity (Wildman–Crippen MR) is 184 cm³/mol. The number of allylic oxidation sites excluding steroid dienone is 8. The number of ether oxygens (including phenoxy) is 2. The summed E-state index contributed by atoms with van der Waals surface area (Å²) in [7, 11) is -4.75. The fraction of sp³-hybridized carbons (Fsp3) is 0.722. The van der Waals surface area contributed by atoms with E-state index in [2.05, 4.69) is 67.0 Å². The first-order valence-corrected chi connectivity index (χ1v) is 19.0. The third kappa shape index (κ3) is 34.7. The molecule has 0 aromatic heterocycles. The van der Waals surface area contributed by atoms with E-state index < -0.39 is 32.5 Å². The molecule has 0 aliphatic heterocycles. The zero-order valence-corrected chi connectivity index (χ0v) is 29.1. The molecular weight excluding hydrogens is 591 g/mol. The van der Waals surface area contributed by atoms with Crippen LogP contribution in [0.1, 0.15) is 149 Å². The molecular formula is C36H63O8P. The number of hydrogen-bond acceptors (Lipinski definition) is 6. The van der Waals surface area contributed by atoms with Crippen LogP contribution in [-0.4, -0.2) is 41.0 Å². The van der Waals surface area contributed by atoms with Gasteiger partial charge in [-0.2, -0.15) is 0 Å². The van der Waals surface area contributed by atoms with Gasteiger partial charge < -0.3 is 19.3 Å². The van der Waals surface area contributed by atoms with Gasteiger partial charge in [-0.05, 0) is 57.8 Å². The molecule has 0 saturated carbocycles. The average Bonchev–Trinajstić information content (AvgIpc) is 3.00. The van der Waals surface area contributed by atoms with E-state index in [1.165, 1.54) is 51.4 Å². The van der Waals surface area contributed by atoms with Crippen LogP contribution in [0.25, 0.3) is 0 Å². The van der Waals surface area contributed by atoms with E-state index in [1.807, 2.05) is 0 Å². The molecule has 0 aliphatic rings. The summed E-state index contributed by atoms with van der Waals surface area (Å²) in [5, 5.41) is 0. The topological polar surface area (TPSA) is 119 Å². The number of carbonyl (C=O) groups is 2. The minimum Gasteiger partial charge on any atom is -0.462 e. The first-order valence-electron chi connectivity index (χ1n) is 17.4. The molecule has 2 N–H and O–H groups in total. The second-order valence-corrected chi connectivity index (χ2v) is 12.7. The first kappa shape index (κ1) is 43.0. The molecule has 0 aliphatic carbocycles. The summed E-state index contributed by atoms with van der Waals surface area (Å²) in [4.78, 5) is 42.4. The minimum absolute atomic E-state index is 0.174. The molecule has 9 heteroatoms. The van der Waals surface area contributed by atoms with E-state index in [0.717, 1.165) is 64.2 Å². The SMILES string of the molecule is CCCCC/C=C/C/C=C/C/C=C/C/C=C/CCCCCC(=O)O[C@H](COC(=O)CCCCCCCCCC)COP(=O)(O)O. The highest BCUT2D eigenvalue weighted by Crippen LogP contribution is 2.35. The van der Waals surface area contributed by atoms with Gasteiger partial charge in [0.15, 0.2) is 6.10 Å². The molecule has 0 spiro atoms. The Morgan fingerprint density at radius 2 is 1.00 bits per heavy atom. The van der Waals surface area contributed by atoms with Crippen molar-refractivity contribution in [3.05, 3.63) is 48.6 Å². The quantitative estimate of drug-likeness (QED) is 0.0328. The maximum atomic E-state index is 12.3. The minimum atomic E-state index is -4.75. The molecule has 0 radical (unpaired) electrons. The number of phosphoric acid groups is 1. The van der Waals surface area contributed by atoms with Gasteiger partial charge in [0.1, 0.15) is 6.61 Å². The lowest BCUT2D eigenvalue weighted by molar-refractivity contribution is -0.161. The number of hydrogen-bond donors (Lipinski definition) is 2. The zero-order valence-electron chi connectivity index (χ0n) is 28.3. The van der Waals surface area contributed by atoms with Crippen LogP contribution < -0.4 is 0 Å². The van der Waals surface area contributed by atoms with Crippen molar-refractivity contribution in [1.82, 2.24) is 0 Å². The Labute approximate surface area is 274 Å². The predicted octanol–water partition coefficient (Wildman–Crippen LogP) is 10.0. The molecule has 1 atom stereocenters. The maximum Gasteiger partial charge on any atom is 0.469 e. The highest BCUT2D eigenvalue weighted by molar-refractivity contribution is 7.46. The molecule has 0 aromatic rings. The Balaban J connectivity index is 4.06. The van der Waals surface area contributed by atoms with Gasteiger partial charge in [0.05, 0.1) is 6.61 Å². The molecule has 260 valence electrons. The Morgan fingerprint density at radius 1 is 0.578 bits per heavy atom. The second-order valence-electron chi connectivity index (χ2n) is 11.5. The van der Waals surface area contributed by atoms with Gasteiger partial charge >= 0.3 is 19.8 Å². The third-order valence-electron chi connectivity index (χ3n) is 7.10. The van der Waals surface area contributed by atoms with Gasteiger partial charge in [-0.15, -0.1) is 0 Å². The van der Waals surface area contributed by atoms with Crippen molar-refractivity contribution >= 4 is 19.8 Å². The van der Waals surface area contributed by atoms with Gasteiger partial charge in [0.25, 0.3) is 0 Å². The fourth-order valence-corrected chi connectivity index (χ4v) is 4.83. The number of carbonyl (C=O) groups excluding carboxylic acids is 2. The van der Waals surface area contributed by atoms with Crippen molar-refractivity contribution in [2.24, 2.45) is 0 Å². The number of phosphoric ester groups is 1. The normalized spacial score (nSPS) is 13.1. The van der Waals surface area contributed by atoms with E-state index in [-0.39, 0.29) is 19.4 Å². The molecule has 45 heavy (non-hydrogen) atoms. The van der Waals surface area contributed by atoms with Gasteiger partial charge in [0, 0.05) is 12.8 Å². The lowest BCUT2D eigenvalue weighted by Gasteiger charge is -2.18. The lowest BCUT2D eigenvalue weighted by atomic mass is 10.1. The molecule has 0 saturated heterocycles. The first-order chi connectivity index (χ1) is 21.8. The van der Waals surface area contributed by atoms with E-state index in [4.69, 9.17) is 19.3 Å². The van der Waals surface area contributed by atoms with Crippen molar-refractivity contribution in [3.8, 4) is 0 Å². The Hall–Kier alpha value is -1.99. The van der Waals surface area contributed by atoms with E-state index >= 15 is 0 Å². The molecule has 0 rings (SSSR count). The Bertz CT molecular complexity index is 874. The smallest absolute Gasteiger partial charge is 0.462 e. The van der Waals surface area contributed by atoms with E-state index in [1.54, 1.807) is 0 Å². The Kier molecular flexibility index (Phi) is 30.6. The van der Waals surface area contributed by atoms with Crippen LogP contribution in [0.5, 0.6) is 0 Å². The third-order valence-corrected chi connectivity index (χ3v) is 7.59. The molecule has 0 unspecified atom stereocenters. The van der Waals surface area contributed by atoms with Crippen molar-refractivity contribution < 1.29 is 37.9 Å². The number of unbranched alkanes of at least 4 members (excludes halogenated alkanes) is 13. The average molecular weight is 655 g/mol. The molecule has 0 amide bonds. The van der Waals surface area contributed by atoms with Crippen LogP contribution in [0, 0.1) is 0 Å². The van der Waals surface area contributed by atoms with Crippen LogP contribution in [0.4, 0.5) is 0 Å². The van der Waals surface area contributed by atoms with Crippen LogP contribution in [-0.2, 0) is 28.2 Å². The highest BCUT2D eigenvalue weighted by Gasteiger charge is 2.22. The monoisotopic (exact) mass is 654 g/mol. The van der Waals surface area contributed by atoms with Gasteiger partial charge in [0.2, 0.25) is 0 Å². The highest BCUT2D eigenvalue weighted by atomic mass is 31.2. The lowest BCUT2D eigenvalue weighted by Crippen LogP contribution is -2.29. The summed E-state index contributed by atoms with van der Waals surface area (Å²) >= 11 is 0. The van der Waals surface area contributed by atoms with E-state index in [9.17, 15) is 14.2 Å². The number of esters is 2. The summed E-state index contributed by atoms with van der Waals surface area (Å²) in [6, 6.07) is 0. The molecule has 0 heterocycles. The largest absolute Gasteiger partial charge is 0.469 e.